The lowest BCUT2D eigenvalue weighted by Crippen LogP contribution is -2.28. The van der Waals surface area contributed by atoms with E-state index in [1.165, 1.54) is 30.3 Å². The number of imide groups is 1. The van der Waals surface area contributed by atoms with Gasteiger partial charge in [-0.25, -0.2) is 9.29 Å². The number of carbonyl (C=O) groups is 2. The van der Waals surface area contributed by atoms with Crippen molar-refractivity contribution in [3.8, 4) is 0 Å². The Kier molecular flexibility index (Phi) is 4.38. The highest BCUT2D eigenvalue weighted by atomic mass is 32.2. The predicted molar refractivity (Wildman–Crippen MR) is 86.3 cm³/mol. The van der Waals surface area contributed by atoms with Crippen LogP contribution < -0.4 is 4.90 Å². The lowest BCUT2D eigenvalue weighted by atomic mass is 10.1. The van der Waals surface area contributed by atoms with Crippen LogP contribution in [-0.2, 0) is 11.0 Å². The molecule has 1 saturated heterocycles. The van der Waals surface area contributed by atoms with Gasteiger partial charge in [0.25, 0.3) is 11.1 Å². The van der Waals surface area contributed by atoms with E-state index in [2.05, 4.69) is 0 Å². The summed E-state index contributed by atoms with van der Waals surface area (Å²) >= 11 is 0.544. The lowest BCUT2D eigenvalue weighted by Gasteiger charge is -2.14. The number of thioether (sulfide) groups is 1. The molecule has 8 heteroatoms. The van der Waals surface area contributed by atoms with Crippen LogP contribution in [0.2, 0.25) is 0 Å². The maximum Gasteiger partial charge on any atom is 0.416 e. The molecule has 0 radical (unpaired) electrons. The van der Waals surface area contributed by atoms with Gasteiger partial charge in [0.2, 0.25) is 0 Å². The number of benzene rings is 2. The summed E-state index contributed by atoms with van der Waals surface area (Å²) in [6.45, 7) is 0. The summed E-state index contributed by atoms with van der Waals surface area (Å²) in [6.07, 6.45) is -3.39. The van der Waals surface area contributed by atoms with Gasteiger partial charge in [-0.05, 0) is 42.1 Å². The van der Waals surface area contributed by atoms with Crippen LogP contribution in [0.5, 0.6) is 0 Å². The van der Waals surface area contributed by atoms with E-state index in [0.29, 0.717) is 16.7 Å². The number of hydrogen-bond acceptors (Lipinski definition) is 3. The predicted octanol–water partition coefficient (Wildman–Crippen LogP) is 5.09. The SMILES string of the molecule is O=C1S/C(=C\c2ccccc2F)C(=O)N1c1cccc(C(F)(F)F)c1. The second-order valence-electron chi connectivity index (χ2n) is 5.09. The van der Waals surface area contributed by atoms with Crippen LogP contribution in [-0.4, -0.2) is 11.1 Å². The summed E-state index contributed by atoms with van der Waals surface area (Å²) < 4.78 is 52.1. The molecule has 2 aromatic carbocycles. The fourth-order valence-corrected chi connectivity index (χ4v) is 3.08. The zero-order chi connectivity index (χ0) is 18.2. The van der Waals surface area contributed by atoms with Crippen LogP contribution in [0.25, 0.3) is 6.08 Å². The van der Waals surface area contributed by atoms with E-state index in [0.717, 1.165) is 18.2 Å². The molecule has 0 N–H and O–H groups in total. The molecule has 0 saturated carbocycles. The molecule has 2 amide bonds. The number of alkyl halides is 3. The molecule has 0 bridgehead atoms. The first kappa shape index (κ1) is 17.2. The van der Waals surface area contributed by atoms with Gasteiger partial charge < -0.3 is 0 Å². The Morgan fingerprint density at radius 1 is 1.00 bits per heavy atom. The van der Waals surface area contributed by atoms with Gasteiger partial charge in [-0.15, -0.1) is 0 Å². The second-order valence-corrected chi connectivity index (χ2v) is 6.08. The normalized spacial score (nSPS) is 16.8. The minimum atomic E-state index is -4.60. The van der Waals surface area contributed by atoms with Crippen LogP contribution >= 0.6 is 11.8 Å². The van der Waals surface area contributed by atoms with E-state index < -0.39 is 28.7 Å². The van der Waals surface area contributed by atoms with Gasteiger partial charge in [-0.3, -0.25) is 9.59 Å². The third kappa shape index (κ3) is 3.43. The van der Waals surface area contributed by atoms with Crippen LogP contribution in [0.3, 0.4) is 0 Å². The fourth-order valence-electron chi connectivity index (χ4n) is 2.25. The molecule has 0 unspecified atom stereocenters. The van der Waals surface area contributed by atoms with Crippen molar-refractivity contribution in [3.63, 3.8) is 0 Å². The first-order valence-corrected chi connectivity index (χ1v) is 7.79. The number of anilines is 1. The highest BCUT2D eigenvalue weighted by molar-refractivity contribution is 8.19. The number of amides is 2. The average Bonchev–Trinajstić information content (AvgIpc) is 2.83. The average molecular weight is 367 g/mol. The molecular weight excluding hydrogens is 358 g/mol. The molecule has 2 aromatic rings. The van der Waals surface area contributed by atoms with Crippen LogP contribution in [0, 0.1) is 5.82 Å². The van der Waals surface area contributed by atoms with Crippen LogP contribution in [0.1, 0.15) is 11.1 Å². The molecule has 0 aliphatic carbocycles. The standard InChI is InChI=1S/C17H9F4NO2S/c18-13-7-2-1-4-10(13)8-14-15(23)22(16(24)25-14)12-6-3-5-11(9-12)17(19,20)21/h1-9H/b14-8-. The van der Waals surface area contributed by atoms with Crippen molar-refractivity contribution in [1.82, 2.24) is 0 Å². The fraction of sp³-hybridized carbons (Fsp3) is 0.0588. The quantitative estimate of drug-likeness (QED) is 0.548. The van der Waals surface area contributed by atoms with Gasteiger partial charge >= 0.3 is 6.18 Å². The van der Waals surface area contributed by atoms with E-state index in [1.54, 1.807) is 6.07 Å². The van der Waals surface area contributed by atoms with Gasteiger partial charge in [0.05, 0.1) is 16.2 Å². The van der Waals surface area contributed by atoms with E-state index in [4.69, 9.17) is 0 Å². The van der Waals surface area contributed by atoms with Crippen molar-refractivity contribution < 1.29 is 27.2 Å². The monoisotopic (exact) mass is 367 g/mol. The van der Waals surface area contributed by atoms with Gasteiger partial charge in [-0.2, -0.15) is 13.2 Å². The summed E-state index contributed by atoms with van der Waals surface area (Å²) in [6, 6.07) is 9.57. The Balaban J connectivity index is 1.96. The Labute approximate surface area is 143 Å². The number of rotatable bonds is 2. The van der Waals surface area contributed by atoms with E-state index in [1.807, 2.05) is 0 Å². The number of carbonyl (C=O) groups excluding carboxylic acids is 2. The van der Waals surface area contributed by atoms with Crippen molar-refractivity contribution >= 4 is 34.7 Å². The van der Waals surface area contributed by atoms with Crippen molar-refractivity contribution in [1.29, 1.82) is 0 Å². The lowest BCUT2D eigenvalue weighted by molar-refractivity contribution is -0.137. The smallest absolute Gasteiger partial charge is 0.268 e. The largest absolute Gasteiger partial charge is 0.416 e. The van der Waals surface area contributed by atoms with Gasteiger partial charge in [-0.1, -0.05) is 24.3 Å². The number of hydrogen-bond donors (Lipinski definition) is 0. The zero-order valence-corrected chi connectivity index (χ0v) is 13.2. The first-order valence-electron chi connectivity index (χ1n) is 6.97. The second kappa shape index (κ2) is 6.36. The molecule has 128 valence electrons. The molecular formula is C17H9F4NO2S. The van der Waals surface area contributed by atoms with Crippen molar-refractivity contribution in [2.75, 3.05) is 4.90 Å². The number of nitrogens with zero attached hydrogens (tertiary/aromatic N) is 1. The highest BCUT2D eigenvalue weighted by Gasteiger charge is 2.38. The third-order valence-electron chi connectivity index (χ3n) is 3.42. The van der Waals surface area contributed by atoms with Crippen molar-refractivity contribution in [2.45, 2.75) is 6.18 Å². The Bertz CT molecular complexity index is 892. The summed E-state index contributed by atoms with van der Waals surface area (Å²) in [5.74, 6) is -1.37. The van der Waals surface area contributed by atoms with Crippen LogP contribution in [0.4, 0.5) is 28.0 Å². The molecule has 3 nitrogen and oxygen atoms in total. The van der Waals surface area contributed by atoms with E-state index >= 15 is 0 Å². The molecule has 0 atom stereocenters. The van der Waals surface area contributed by atoms with E-state index in [9.17, 15) is 27.2 Å². The highest BCUT2D eigenvalue weighted by Crippen LogP contribution is 2.38. The molecule has 0 aromatic heterocycles. The maximum atomic E-state index is 13.7. The molecule has 0 spiro atoms. The Hall–Kier alpha value is -2.61. The zero-order valence-electron chi connectivity index (χ0n) is 12.4. The van der Waals surface area contributed by atoms with Gasteiger partial charge in [0.1, 0.15) is 5.82 Å². The van der Waals surface area contributed by atoms with Crippen LogP contribution in [0.15, 0.2) is 53.4 Å². The first-order chi connectivity index (χ1) is 11.8. The van der Waals surface area contributed by atoms with Gasteiger partial charge in [0.15, 0.2) is 0 Å². The topological polar surface area (TPSA) is 37.4 Å². The van der Waals surface area contributed by atoms with Crippen molar-refractivity contribution in [2.24, 2.45) is 0 Å². The summed E-state index contributed by atoms with van der Waals surface area (Å²) in [5, 5.41) is -0.744. The summed E-state index contributed by atoms with van der Waals surface area (Å²) in [4.78, 5) is 25.1. The van der Waals surface area contributed by atoms with Gasteiger partial charge in [0, 0.05) is 5.56 Å². The summed E-state index contributed by atoms with van der Waals surface area (Å²) in [5.41, 5.74) is -1.05. The third-order valence-corrected chi connectivity index (χ3v) is 4.29. The molecule has 25 heavy (non-hydrogen) atoms. The van der Waals surface area contributed by atoms with Crippen molar-refractivity contribution in [3.05, 3.63) is 70.4 Å². The molecule has 1 aliphatic heterocycles. The van der Waals surface area contributed by atoms with E-state index in [-0.39, 0.29) is 16.2 Å². The molecule has 3 rings (SSSR count). The molecule has 1 heterocycles. The Morgan fingerprint density at radius 3 is 2.40 bits per heavy atom. The minimum Gasteiger partial charge on any atom is -0.268 e. The molecule has 1 fully saturated rings. The molecule has 1 aliphatic rings. The minimum absolute atomic E-state index is 0.0625. The Morgan fingerprint density at radius 2 is 1.72 bits per heavy atom. The summed E-state index contributed by atoms with van der Waals surface area (Å²) in [7, 11) is 0. The maximum absolute atomic E-state index is 13.7. The number of halogens is 4.